The third-order valence-corrected chi connectivity index (χ3v) is 7.33. The van der Waals surface area contributed by atoms with Gasteiger partial charge in [0, 0.05) is 38.1 Å². The van der Waals surface area contributed by atoms with E-state index in [9.17, 15) is 0 Å². The van der Waals surface area contributed by atoms with Crippen LogP contribution < -0.4 is 9.80 Å². The second kappa shape index (κ2) is 14.2. The minimum Gasteiger partial charge on any atom is -0.356 e. The van der Waals surface area contributed by atoms with Crippen LogP contribution in [-0.4, -0.2) is 41.8 Å². The van der Waals surface area contributed by atoms with Crippen molar-refractivity contribution in [1.29, 1.82) is 0 Å². The summed E-state index contributed by atoms with van der Waals surface area (Å²) in [6.07, 6.45) is 5.86. The largest absolute Gasteiger partial charge is 0.356 e. The molecule has 0 N–H and O–H groups in total. The van der Waals surface area contributed by atoms with E-state index in [1.54, 1.807) is 0 Å². The summed E-state index contributed by atoms with van der Waals surface area (Å²) < 4.78 is 0. The summed E-state index contributed by atoms with van der Waals surface area (Å²) in [5.41, 5.74) is 6.02. The van der Waals surface area contributed by atoms with Gasteiger partial charge >= 0.3 is 0 Å². The molecular weight excluding hydrogens is 447 g/mol. The molecular formula is C30H51N4P. The lowest BCUT2D eigenvalue weighted by atomic mass is 10.0. The molecule has 0 amide bonds. The third-order valence-electron chi connectivity index (χ3n) is 6.79. The van der Waals surface area contributed by atoms with E-state index in [1.807, 2.05) is 6.20 Å². The fourth-order valence-electron chi connectivity index (χ4n) is 4.81. The molecule has 5 heteroatoms. The highest BCUT2D eigenvalue weighted by Crippen LogP contribution is 2.27. The lowest BCUT2D eigenvalue weighted by Crippen LogP contribution is -2.21. The molecule has 35 heavy (non-hydrogen) atoms. The van der Waals surface area contributed by atoms with Crippen LogP contribution in [0.1, 0.15) is 102 Å². The van der Waals surface area contributed by atoms with Crippen LogP contribution in [0.15, 0.2) is 24.4 Å². The maximum Gasteiger partial charge on any atom is 0.128 e. The molecule has 4 nitrogen and oxygen atoms in total. The van der Waals surface area contributed by atoms with Crippen LogP contribution in [0.25, 0.3) is 0 Å². The van der Waals surface area contributed by atoms with Gasteiger partial charge in [0.25, 0.3) is 0 Å². The number of anilines is 2. The molecule has 0 aliphatic carbocycles. The van der Waals surface area contributed by atoms with Crippen LogP contribution in [0, 0.1) is 19.8 Å². The van der Waals surface area contributed by atoms with Gasteiger partial charge in [-0.25, -0.2) is 9.97 Å². The fraction of sp³-hybridized carbons (Fsp3) is 0.667. The van der Waals surface area contributed by atoms with Crippen molar-refractivity contribution >= 4 is 20.9 Å². The van der Waals surface area contributed by atoms with Gasteiger partial charge in [0.05, 0.1) is 0 Å². The van der Waals surface area contributed by atoms with Crippen LogP contribution in [0.4, 0.5) is 11.6 Å². The third kappa shape index (κ3) is 8.74. The first-order valence-electron chi connectivity index (χ1n) is 13.8. The molecule has 0 spiro atoms. The van der Waals surface area contributed by atoms with Gasteiger partial charge in [0.15, 0.2) is 0 Å². The van der Waals surface area contributed by atoms with E-state index in [4.69, 9.17) is 4.98 Å². The smallest absolute Gasteiger partial charge is 0.128 e. The van der Waals surface area contributed by atoms with Gasteiger partial charge in [0.2, 0.25) is 0 Å². The summed E-state index contributed by atoms with van der Waals surface area (Å²) >= 11 is 0. The Labute approximate surface area is 218 Å². The highest BCUT2D eigenvalue weighted by Gasteiger charge is 2.21. The number of pyridine rings is 2. The average molecular weight is 499 g/mol. The van der Waals surface area contributed by atoms with Gasteiger partial charge in [0.1, 0.15) is 11.6 Å². The molecule has 2 fully saturated rings. The van der Waals surface area contributed by atoms with Crippen molar-refractivity contribution in [2.45, 2.75) is 99.1 Å². The fourth-order valence-corrected chi connectivity index (χ4v) is 5.22. The molecule has 0 bridgehead atoms. The molecule has 2 aliphatic rings. The summed E-state index contributed by atoms with van der Waals surface area (Å²) in [7, 11) is 2.91. The summed E-state index contributed by atoms with van der Waals surface area (Å²) in [4.78, 5) is 14.1. The van der Waals surface area contributed by atoms with Gasteiger partial charge in [-0.3, -0.25) is 0 Å². The molecule has 4 heterocycles. The Morgan fingerprint density at radius 2 is 1.51 bits per heavy atom. The van der Waals surface area contributed by atoms with E-state index in [-0.39, 0.29) is 0 Å². The molecule has 3 atom stereocenters. The van der Waals surface area contributed by atoms with E-state index in [0.717, 1.165) is 49.4 Å². The van der Waals surface area contributed by atoms with Crippen molar-refractivity contribution in [3.8, 4) is 0 Å². The molecule has 4 rings (SSSR count). The normalized spacial score (nSPS) is 19.5. The number of nitrogens with zero attached hydrogens (tertiary/aromatic N) is 4. The quantitative estimate of drug-likeness (QED) is 0.404. The Bertz CT molecular complexity index is 838. The first kappa shape index (κ1) is 29.6. The summed E-state index contributed by atoms with van der Waals surface area (Å²) in [5.74, 6) is 4.25. The number of rotatable bonds is 4. The lowest BCUT2D eigenvalue weighted by Gasteiger charge is -2.19. The van der Waals surface area contributed by atoms with Crippen LogP contribution >= 0.6 is 9.24 Å². The molecule has 0 saturated carbocycles. The Kier molecular flexibility index (Phi) is 12.0. The van der Waals surface area contributed by atoms with Crippen LogP contribution in [-0.2, 0) is 0 Å². The van der Waals surface area contributed by atoms with Gasteiger partial charge < -0.3 is 9.80 Å². The molecule has 196 valence electrons. The number of aryl methyl sites for hydroxylation is 2. The molecule has 2 saturated heterocycles. The minimum absolute atomic E-state index is 0.564. The van der Waals surface area contributed by atoms with Crippen molar-refractivity contribution in [2.24, 2.45) is 5.92 Å². The van der Waals surface area contributed by atoms with E-state index < -0.39 is 0 Å². The zero-order chi connectivity index (χ0) is 26.1. The van der Waals surface area contributed by atoms with Crippen LogP contribution in [0.5, 0.6) is 0 Å². The van der Waals surface area contributed by atoms with E-state index >= 15 is 0 Å². The Balaban J connectivity index is 0.000000222. The summed E-state index contributed by atoms with van der Waals surface area (Å²) in [5, 5.41) is 0. The van der Waals surface area contributed by atoms with Gasteiger partial charge in [-0.05, 0) is 78.9 Å². The summed E-state index contributed by atoms with van der Waals surface area (Å²) in [6, 6.07) is 6.66. The van der Waals surface area contributed by atoms with E-state index in [0.29, 0.717) is 11.8 Å². The number of aromatic nitrogens is 2. The van der Waals surface area contributed by atoms with Crippen molar-refractivity contribution in [3.05, 3.63) is 46.8 Å². The molecule has 2 aromatic heterocycles. The Morgan fingerprint density at radius 1 is 0.914 bits per heavy atom. The topological polar surface area (TPSA) is 32.3 Å². The zero-order valence-electron chi connectivity index (χ0n) is 23.9. The van der Waals surface area contributed by atoms with Gasteiger partial charge in [-0.15, -0.1) is 9.24 Å². The average Bonchev–Trinajstić information content (AvgIpc) is 3.42. The highest BCUT2D eigenvalue weighted by atomic mass is 31.0. The van der Waals surface area contributed by atoms with Gasteiger partial charge in [-0.2, -0.15) is 0 Å². The van der Waals surface area contributed by atoms with Crippen molar-refractivity contribution < 1.29 is 0 Å². The predicted octanol–water partition coefficient (Wildman–Crippen LogP) is 7.74. The SMILES string of the molecule is CCC.Cc1cc(N2CCC(P)C2)ncc1C(C)C.Cc1nc(N2CCC(C)C2)ccc1C(C)C. The monoisotopic (exact) mass is 498 g/mol. The summed E-state index contributed by atoms with van der Waals surface area (Å²) in [6.45, 7) is 24.4. The predicted molar refractivity (Wildman–Crippen MR) is 158 cm³/mol. The van der Waals surface area contributed by atoms with E-state index in [2.05, 4.69) is 105 Å². The van der Waals surface area contributed by atoms with Gasteiger partial charge in [-0.1, -0.05) is 61.0 Å². The standard InChI is InChI=1S/C14H22N2.C13H21N2P.C3H8/c1-10(2)13-5-6-14(15-12(13)4)16-8-7-11(3)9-16;1-9(2)12-7-14-13(6-10(12)3)15-5-4-11(16)8-15;1-3-2/h5-6,10-11H,7-9H2,1-4H3;6-7,9,11H,4-5,8,16H2,1-3H3;3H2,1-2H3. The minimum atomic E-state index is 0.564. The number of hydrogen-bond donors (Lipinski definition) is 0. The van der Waals surface area contributed by atoms with Crippen LogP contribution in [0.2, 0.25) is 0 Å². The van der Waals surface area contributed by atoms with Crippen LogP contribution in [0.3, 0.4) is 0 Å². The zero-order valence-corrected chi connectivity index (χ0v) is 25.1. The molecule has 2 aromatic rings. The molecule has 2 aliphatic heterocycles. The maximum atomic E-state index is 4.74. The Hall–Kier alpha value is -1.67. The van der Waals surface area contributed by atoms with Crippen molar-refractivity contribution in [3.63, 3.8) is 0 Å². The molecule has 0 radical (unpaired) electrons. The number of hydrogen-bond acceptors (Lipinski definition) is 4. The lowest BCUT2D eigenvalue weighted by molar-refractivity contribution is 0.658. The first-order chi connectivity index (χ1) is 16.6. The second-order valence-corrected chi connectivity index (χ2v) is 12.0. The van der Waals surface area contributed by atoms with Crippen molar-refractivity contribution in [2.75, 3.05) is 36.0 Å². The first-order valence-corrected chi connectivity index (χ1v) is 14.4. The van der Waals surface area contributed by atoms with E-state index in [1.165, 1.54) is 41.6 Å². The molecule has 3 unspecified atom stereocenters. The second-order valence-electron chi connectivity index (χ2n) is 11.1. The Morgan fingerprint density at radius 3 is 1.97 bits per heavy atom. The molecule has 0 aromatic carbocycles. The maximum absolute atomic E-state index is 4.74. The highest BCUT2D eigenvalue weighted by molar-refractivity contribution is 7.17. The van der Waals surface area contributed by atoms with Crippen molar-refractivity contribution in [1.82, 2.24) is 9.97 Å².